The summed E-state index contributed by atoms with van der Waals surface area (Å²) in [6.07, 6.45) is 1.48. The summed E-state index contributed by atoms with van der Waals surface area (Å²) in [5, 5.41) is 13.9. The van der Waals surface area contributed by atoms with Crippen molar-refractivity contribution in [2.24, 2.45) is 7.05 Å². The van der Waals surface area contributed by atoms with E-state index in [9.17, 15) is 9.90 Å². The average Bonchev–Trinajstić information content (AvgIpc) is 3.56. The molecule has 0 bridgehead atoms. The number of fused-ring (bicyclic) bond motifs is 1. The number of nitrogens with two attached hydrogens (primary N) is 1. The van der Waals surface area contributed by atoms with Crippen LogP contribution in [0.1, 0.15) is 23.7 Å². The van der Waals surface area contributed by atoms with Crippen LogP contribution in [0.5, 0.6) is 0 Å². The maximum Gasteiger partial charge on any atom is 0.253 e. The molecule has 0 spiro atoms. The van der Waals surface area contributed by atoms with Crippen molar-refractivity contribution in [1.29, 1.82) is 0 Å². The van der Waals surface area contributed by atoms with Gasteiger partial charge in [-0.2, -0.15) is 0 Å². The Morgan fingerprint density at radius 3 is 2.50 bits per heavy atom. The Hall–Kier alpha value is -4.21. The van der Waals surface area contributed by atoms with Crippen molar-refractivity contribution in [1.82, 2.24) is 19.4 Å². The van der Waals surface area contributed by atoms with Gasteiger partial charge in [-0.25, -0.2) is 9.97 Å². The highest BCUT2D eigenvalue weighted by Gasteiger charge is 2.26. The lowest BCUT2D eigenvalue weighted by atomic mass is 9.97. The molecule has 2 atom stereocenters. The van der Waals surface area contributed by atoms with E-state index in [0.717, 1.165) is 39.9 Å². The van der Waals surface area contributed by atoms with Gasteiger partial charge in [0.25, 0.3) is 5.91 Å². The summed E-state index contributed by atoms with van der Waals surface area (Å²) in [4.78, 5) is 23.6. The first kappa shape index (κ1) is 25.4. The highest BCUT2D eigenvalue weighted by atomic mass is 16.5. The van der Waals surface area contributed by atoms with Crippen molar-refractivity contribution in [3.05, 3.63) is 72.6 Å². The van der Waals surface area contributed by atoms with Crippen LogP contribution in [-0.2, 0) is 11.8 Å². The Bertz CT molecular complexity index is 1490. The summed E-state index contributed by atoms with van der Waals surface area (Å²) in [5.41, 5.74) is 12.7. The zero-order valence-corrected chi connectivity index (χ0v) is 21.8. The molecule has 2 aromatic heterocycles. The molecule has 4 N–H and O–H groups in total. The molecule has 9 heteroatoms. The lowest BCUT2D eigenvalue weighted by molar-refractivity contribution is 0.0711. The number of benzene rings is 2. The van der Waals surface area contributed by atoms with Crippen molar-refractivity contribution in [3.63, 3.8) is 0 Å². The molecule has 0 aliphatic carbocycles. The van der Waals surface area contributed by atoms with Crippen molar-refractivity contribution >= 4 is 28.4 Å². The molecule has 4 aromatic rings. The molecule has 9 nitrogen and oxygen atoms in total. The highest BCUT2D eigenvalue weighted by molar-refractivity contribution is 6.08. The summed E-state index contributed by atoms with van der Waals surface area (Å²) in [7, 11) is 3.77. The standard InChI is InChI=1S/C29H32N6O3/c1-17(2)28(36)33-21-11-9-19(10-12-21)25-23(24-26(30)31-16-32-27(24)35(25)4)18-5-7-20(8-6-18)29(37)34(3)22-13-14-38-15-22/h5-12,16,22,28,33,36H,1,13-15H2,2-4H3,(H2,30,31,32). The largest absolute Gasteiger partial charge is 0.383 e. The maximum absolute atomic E-state index is 13.1. The Labute approximate surface area is 221 Å². The lowest BCUT2D eigenvalue weighted by Gasteiger charge is -2.23. The van der Waals surface area contributed by atoms with Gasteiger partial charge in [-0.3, -0.25) is 4.79 Å². The van der Waals surface area contributed by atoms with E-state index in [1.54, 1.807) is 11.8 Å². The minimum atomic E-state index is -0.828. The van der Waals surface area contributed by atoms with Gasteiger partial charge in [-0.05, 0) is 54.3 Å². The molecular formula is C29H32N6O3. The maximum atomic E-state index is 13.1. The highest BCUT2D eigenvalue weighted by Crippen LogP contribution is 2.41. The number of aromatic nitrogens is 3. The van der Waals surface area contributed by atoms with Crippen LogP contribution in [0.2, 0.25) is 0 Å². The summed E-state index contributed by atoms with van der Waals surface area (Å²) < 4.78 is 7.45. The molecular weight excluding hydrogens is 480 g/mol. The summed E-state index contributed by atoms with van der Waals surface area (Å²) in [6, 6.07) is 15.4. The number of rotatable bonds is 7. The second-order valence-electron chi connectivity index (χ2n) is 9.72. The van der Waals surface area contributed by atoms with E-state index in [1.807, 2.05) is 67.2 Å². The first-order valence-corrected chi connectivity index (χ1v) is 12.5. The van der Waals surface area contributed by atoms with Gasteiger partial charge in [-0.1, -0.05) is 30.8 Å². The number of hydrogen-bond acceptors (Lipinski definition) is 7. The van der Waals surface area contributed by atoms with E-state index in [1.165, 1.54) is 6.33 Å². The molecule has 1 fully saturated rings. The number of nitrogens with zero attached hydrogens (tertiary/aromatic N) is 4. The molecule has 3 heterocycles. The molecule has 1 aliphatic heterocycles. The Morgan fingerprint density at radius 2 is 1.87 bits per heavy atom. The monoisotopic (exact) mass is 512 g/mol. The van der Waals surface area contributed by atoms with Gasteiger partial charge in [0.05, 0.1) is 23.7 Å². The van der Waals surface area contributed by atoms with E-state index in [2.05, 4.69) is 21.9 Å². The zero-order valence-electron chi connectivity index (χ0n) is 21.8. The smallest absolute Gasteiger partial charge is 0.253 e. The number of nitrogen functional groups attached to an aromatic ring is 1. The van der Waals surface area contributed by atoms with Crippen LogP contribution in [0.4, 0.5) is 11.5 Å². The minimum Gasteiger partial charge on any atom is -0.383 e. The number of likely N-dealkylation sites (N-methyl/N-ethyl adjacent to an activating group) is 1. The number of ether oxygens (including phenoxy) is 1. The molecule has 1 aliphatic rings. The van der Waals surface area contributed by atoms with Crippen molar-refractivity contribution in [2.75, 3.05) is 31.3 Å². The van der Waals surface area contributed by atoms with Crippen molar-refractivity contribution < 1.29 is 14.6 Å². The second-order valence-corrected chi connectivity index (χ2v) is 9.72. The molecule has 1 amide bonds. The summed E-state index contributed by atoms with van der Waals surface area (Å²) in [5.74, 6) is 0.351. The van der Waals surface area contributed by atoms with E-state index in [4.69, 9.17) is 10.5 Å². The number of amides is 1. The van der Waals surface area contributed by atoms with E-state index < -0.39 is 6.23 Å². The number of nitrogens with one attached hydrogen (secondary N) is 1. The van der Waals surface area contributed by atoms with E-state index in [0.29, 0.717) is 35.8 Å². The molecule has 2 unspecified atom stereocenters. The van der Waals surface area contributed by atoms with E-state index >= 15 is 0 Å². The number of carbonyl (C=O) groups is 1. The lowest BCUT2D eigenvalue weighted by Crippen LogP contribution is -2.37. The first-order valence-electron chi connectivity index (χ1n) is 12.5. The number of aliphatic hydroxyl groups is 1. The third kappa shape index (κ3) is 4.62. The third-order valence-corrected chi connectivity index (χ3v) is 7.12. The van der Waals surface area contributed by atoms with Crippen LogP contribution < -0.4 is 11.1 Å². The fourth-order valence-corrected chi connectivity index (χ4v) is 4.88. The SMILES string of the molecule is C=C(C)C(O)Nc1ccc(-c2c(-c3ccc(C(=O)N(C)C4CCOC4)cc3)c3c(N)ncnc3n2C)cc1. The van der Waals surface area contributed by atoms with Crippen LogP contribution in [0.15, 0.2) is 67.0 Å². The molecule has 5 rings (SSSR count). The molecule has 1 saturated heterocycles. The van der Waals surface area contributed by atoms with Crippen LogP contribution >= 0.6 is 0 Å². The predicted molar refractivity (Wildman–Crippen MR) is 150 cm³/mol. The third-order valence-electron chi connectivity index (χ3n) is 7.12. The number of carbonyl (C=O) groups excluding carboxylic acids is 1. The number of anilines is 2. The van der Waals surface area contributed by atoms with Gasteiger partial charge < -0.3 is 30.4 Å². The van der Waals surface area contributed by atoms with Crippen LogP contribution in [-0.4, -0.2) is 63.0 Å². The summed E-state index contributed by atoms with van der Waals surface area (Å²) >= 11 is 0. The zero-order chi connectivity index (χ0) is 27.0. The Balaban J connectivity index is 1.55. The van der Waals surface area contributed by atoms with Crippen molar-refractivity contribution in [3.8, 4) is 22.4 Å². The second kappa shape index (κ2) is 10.3. The summed E-state index contributed by atoms with van der Waals surface area (Å²) in [6.45, 7) is 6.80. The normalized spacial score (nSPS) is 15.9. The minimum absolute atomic E-state index is 0.0342. The fraction of sp³-hybridized carbons (Fsp3) is 0.276. The first-order chi connectivity index (χ1) is 18.3. The predicted octanol–water partition coefficient (Wildman–Crippen LogP) is 4.05. The van der Waals surface area contributed by atoms with Gasteiger partial charge in [0, 0.05) is 37.5 Å². The quantitative estimate of drug-likeness (QED) is 0.252. The van der Waals surface area contributed by atoms with Gasteiger partial charge in [0.15, 0.2) is 0 Å². The van der Waals surface area contributed by atoms with Gasteiger partial charge >= 0.3 is 0 Å². The Morgan fingerprint density at radius 1 is 1.18 bits per heavy atom. The molecule has 2 aromatic carbocycles. The fourth-order valence-electron chi connectivity index (χ4n) is 4.88. The number of aryl methyl sites for hydroxylation is 1. The van der Waals surface area contributed by atoms with Crippen LogP contribution in [0.25, 0.3) is 33.4 Å². The number of aliphatic hydroxyl groups excluding tert-OH is 1. The van der Waals surface area contributed by atoms with Gasteiger partial charge in [0.2, 0.25) is 0 Å². The average molecular weight is 513 g/mol. The van der Waals surface area contributed by atoms with Crippen LogP contribution in [0, 0.1) is 0 Å². The topological polar surface area (TPSA) is 119 Å². The Kier molecular flexibility index (Phi) is 6.88. The molecule has 38 heavy (non-hydrogen) atoms. The van der Waals surface area contributed by atoms with Crippen molar-refractivity contribution in [2.45, 2.75) is 25.6 Å². The number of hydrogen-bond donors (Lipinski definition) is 3. The molecule has 0 radical (unpaired) electrons. The molecule has 0 saturated carbocycles. The van der Waals surface area contributed by atoms with E-state index in [-0.39, 0.29) is 11.9 Å². The van der Waals surface area contributed by atoms with Crippen LogP contribution in [0.3, 0.4) is 0 Å². The van der Waals surface area contributed by atoms with Gasteiger partial charge in [0.1, 0.15) is 24.0 Å². The van der Waals surface area contributed by atoms with Gasteiger partial charge in [-0.15, -0.1) is 0 Å². The molecule has 196 valence electrons.